The summed E-state index contributed by atoms with van der Waals surface area (Å²) < 4.78 is 10.2. The van der Waals surface area contributed by atoms with Crippen molar-refractivity contribution >= 4 is 11.9 Å². The van der Waals surface area contributed by atoms with E-state index in [0.29, 0.717) is 19.7 Å². The lowest BCUT2D eigenvalue weighted by Crippen LogP contribution is -2.40. The van der Waals surface area contributed by atoms with Gasteiger partial charge in [0.05, 0.1) is 6.61 Å². The van der Waals surface area contributed by atoms with E-state index in [1.54, 1.807) is 7.11 Å². The molecule has 1 aromatic rings. The molecule has 0 saturated carbocycles. The van der Waals surface area contributed by atoms with Crippen molar-refractivity contribution in [2.24, 2.45) is 0 Å². The van der Waals surface area contributed by atoms with E-state index < -0.39 is 12.0 Å². The van der Waals surface area contributed by atoms with Gasteiger partial charge in [-0.3, -0.25) is 9.69 Å². The predicted molar refractivity (Wildman–Crippen MR) is 92.5 cm³/mol. The van der Waals surface area contributed by atoms with Gasteiger partial charge in [0.1, 0.15) is 6.04 Å². The fraction of sp³-hybridized carbons (Fsp3) is 0.556. The summed E-state index contributed by atoms with van der Waals surface area (Å²) in [5.41, 5.74) is 0.861. The second-order valence-electron chi connectivity index (χ2n) is 5.57. The molecular formula is C18H28N2O4. The number of rotatable bonds is 10. The summed E-state index contributed by atoms with van der Waals surface area (Å²) in [5, 5.41) is 2.72. The molecule has 1 amide bonds. The first-order valence-corrected chi connectivity index (χ1v) is 8.27. The Bertz CT molecular complexity index is 503. The number of ether oxygens (including phenoxy) is 2. The molecule has 0 radical (unpaired) electrons. The third-order valence-corrected chi connectivity index (χ3v) is 3.69. The molecule has 0 aliphatic heterocycles. The molecule has 0 aliphatic rings. The van der Waals surface area contributed by atoms with Crippen molar-refractivity contribution in [3.8, 4) is 0 Å². The minimum atomic E-state index is -0.509. The van der Waals surface area contributed by atoms with Gasteiger partial charge in [-0.15, -0.1) is 0 Å². The molecule has 1 rings (SSSR count). The Hall–Kier alpha value is -1.92. The molecular weight excluding hydrogens is 308 g/mol. The van der Waals surface area contributed by atoms with E-state index in [-0.39, 0.29) is 18.6 Å². The van der Waals surface area contributed by atoms with Crippen LogP contribution in [0.4, 0.5) is 0 Å². The molecule has 0 unspecified atom stereocenters. The largest absolute Gasteiger partial charge is 0.454 e. The summed E-state index contributed by atoms with van der Waals surface area (Å²) in [6.45, 7) is 7.34. The van der Waals surface area contributed by atoms with Crippen LogP contribution in [0.2, 0.25) is 0 Å². The van der Waals surface area contributed by atoms with Crippen LogP contribution in [0.15, 0.2) is 30.3 Å². The molecule has 0 saturated heterocycles. The normalized spacial score (nSPS) is 13.4. The monoisotopic (exact) mass is 336 g/mol. The van der Waals surface area contributed by atoms with Crippen LogP contribution in [-0.4, -0.2) is 56.2 Å². The van der Waals surface area contributed by atoms with Crippen molar-refractivity contribution in [3.63, 3.8) is 0 Å². The van der Waals surface area contributed by atoms with Gasteiger partial charge in [0, 0.05) is 13.2 Å². The highest BCUT2D eigenvalue weighted by atomic mass is 16.5. The SMILES string of the molecule is CCN(CC)[C@H](C(=O)OCC(=O)N[C@H](C)COC)c1ccccc1. The first-order chi connectivity index (χ1) is 11.5. The number of methoxy groups -OCH3 is 1. The maximum Gasteiger partial charge on any atom is 0.328 e. The van der Waals surface area contributed by atoms with Crippen LogP contribution in [0.1, 0.15) is 32.4 Å². The number of likely N-dealkylation sites (N-methyl/N-ethyl adjacent to an activating group) is 1. The van der Waals surface area contributed by atoms with E-state index >= 15 is 0 Å². The minimum absolute atomic E-state index is 0.131. The smallest absolute Gasteiger partial charge is 0.328 e. The van der Waals surface area contributed by atoms with Crippen molar-refractivity contribution in [1.29, 1.82) is 0 Å². The predicted octanol–water partition coefficient (Wildman–Crippen LogP) is 1.76. The van der Waals surface area contributed by atoms with E-state index in [2.05, 4.69) is 5.32 Å². The first kappa shape index (κ1) is 20.1. The van der Waals surface area contributed by atoms with E-state index in [1.165, 1.54) is 0 Å². The second-order valence-corrected chi connectivity index (χ2v) is 5.57. The van der Waals surface area contributed by atoms with Crippen LogP contribution in [0, 0.1) is 0 Å². The van der Waals surface area contributed by atoms with Gasteiger partial charge < -0.3 is 14.8 Å². The van der Waals surface area contributed by atoms with E-state index in [9.17, 15) is 9.59 Å². The van der Waals surface area contributed by atoms with Gasteiger partial charge in [0.25, 0.3) is 5.91 Å². The van der Waals surface area contributed by atoms with Crippen LogP contribution in [-0.2, 0) is 19.1 Å². The molecule has 0 bridgehead atoms. The van der Waals surface area contributed by atoms with Gasteiger partial charge in [-0.05, 0) is 25.6 Å². The zero-order valence-corrected chi connectivity index (χ0v) is 15.0. The Morgan fingerprint density at radius 1 is 1.17 bits per heavy atom. The zero-order chi connectivity index (χ0) is 17.9. The number of nitrogens with zero attached hydrogens (tertiary/aromatic N) is 1. The minimum Gasteiger partial charge on any atom is -0.454 e. The average molecular weight is 336 g/mol. The highest BCUT2D eigenvalue weighted by Gasteiger charge is 2.27. The van der Waals surface area contributed by atoms with Crippen molar-refractivity contribution in [1.82, 2.24) is 10.2 Å². The van der Waals surface area contributed by atoms with Crippen LogP contribution < -0.4 is 5.32 Å². The van der Waals surface area contributed by atoms with E-state index in [4.69, 9.17) is 9.47 Å². The van der Waals surface area contributed by atoms with Gasteiger partial charge >= 0.3 is 5.97 Å². The molecule has 1 aromatic carbocycles. The number of amides is 1. The van der Waals surface area contributed by atoms with E-state index in [1.807, 2.05) is 56.0 Å². The molecule has 0 fully saturated rings. The molecule has 0 spiro atoms. The number of hydrogen-bond acceptors (Lipinski definition) is 5. The lowest BCUT2D eigenvalue weighted by molar-refractivity contribution is -0.154. The number of benzene rings is 1. The summed E-state index contributed by atoms with van der Waals surface area (Å²) in [7, 11) is 1.57. The highest BCUT2D eigenvalue weighted by Crippen LogP contribution is 2.21. The Balaban J connectivity index is 2.70. The van der Waals surface area contributed by atoms with Crippen molar-refractivity contribution in [3.05, 3.63) is 35.9 Å². The van der Waals surface area contributed by atoms with Crippen LogP contribution >= 0.6 is 0 Å². The molecule has 0 heterocycles. The number of esters is 1. The van der Waals surface area contributed by atoms with Crippen LogP contribution in [0.25, 0.3) is 0 Å². The first-order valence-electron chi connectivity index (χ1n) is 8.27. The Kier molecular flexibility index (Phi) is 9.04. The van der Waals surface area contributed by atoms with Crippen molar-refractivity contribution in [2.45, 2.75) is 32.9 Å². The molecule has 1 N–H and O–H groups in total. The number of carbonyl (C=O) groups is 2. The Labute approximate surface area is 144 Å². The van der Waals surface area contributed by atoms with Crippen LogP contribution in [0.5, 0.6) is 0 Å². The molecule has 24 heavy (non-hydrogen) atoms. The molecule has 0 aliphatic carbocycles. The van der Waals surface area contributed by atoms with Crippen molar-refractivity contribution in [2.75, 3.05) is 33.4 Å². The average Bonchev–Trinajstić information content (AvgIpc) is 2.58. The summed E-state index contributed by atoms with van der Waals surface area (Å²) in [4.78, 5) is 26.4. The van der Waals surface area contributed by atoms with Gasteiger partial charge in [-0.1, -0.05) is 44.2 Å². The van der Waals surface area contributed by atoms with Gasteiger partial charge in [0.2, 0.25) is 0 Å². The van der Waals surface area contributed by atoms with E-state index in [0.717, 1.165) is 5.56 Å². The Morgan fingerprint density at radius 3 is 2.33 bits per heavy atom. The van der Waals surface area contributed by atoms with Gasteiger partial charge in [0.15, 0.2) is 6.61 Å². The standard InChI is InChI=1S/C18H28N2O4/c1-5-20(6-2)17(15-10-8-7-9-11-15)18(22)24-13-16(21)19-14(3)12-23-4/h7-11,14,17H,5-6,12-13H2,1-4H3,(H,19,21)/t14-,17+/m1/s1. The lowest BCUT2D eigenvalue weighted by Gasteiger charge is -2.28. The maximum absolute atomic E-state index is 12.6. The molecule has 0 aromatic heterocycles. The number of carbonyl (C=O) groups excluding carboxylic acids is 2. The third-order valence-electron chi connectivity index (χ3n) is 3.69. The molecule has 134 valence electrons. The summed E-state index contributed by atoms with van der Waals surface area (Å²) in [6, 6.07) is 8.82. The fourth-order valence-electron chi connectivity index (χ4n) is 2.54. The lowest BCUT2D eigenvalue weighted by atomic mass is 10.1. The molecule has 6 nitrogen and oxygen atoms in total. The maximum atomic E-state index is 12.6. The second kappa shape index (κ2) is 10.8. The van der Waals surface area contributed by atoms with Gasteiger partial charge in [-0.25, -0.2) is 4.79 Å². The molecule has 6 heteroatoms. The summed E-state index contributed by atoms with van der Waals surface area (Å²) >= 11 is 0. The third kappa shape index (κ3) is 6.29. The topological polar surface area (TPSA) is 67.9 Å². The Morgan fingerprint density at radius 2 is 1.79 bits per heavy atom. The quantitative estimate of drug-likeness (QED) is 0.660. The van der Waals surface area contributed by atoms with Crippen LogP contribution in [0.3, 0.4) is 0 Å². The number of hydrogen-bond donors (Lipinski definition) is 1. The summed E-state index contributed by atoms with van der Waals surface area (Å²) in [5.74, 6) is -0.751. The fourth-order valence-corrected chi connectivity index (χ4v) is 2.54. The van der Waals surface area contributed by atoms with Gasteiger partial charge in [-0.2, -0.15) is 0 Å². The number of nitrogens with one attached hydrogen (secondary N) is 1. The molecule has 2 atom stereocenters. The summed E-state index contributed by atoms with van der Waals surface area (Å²) in [6.07, 6.45) is 0. The highest BCUT2D eigenvalue weighted by molar-refractivity contribution is 5.83. The van der Waals surface area contributed by atoms with Crippen molar-refractivity contribution < 1.29 is 19.1 Å². The zero-order valence-electron chi connectivity index (χ0n) is 15.0.